The van der Waals surface area contributed by atoms with Gasteiger partial charge in [0.2, 0.25) is 0 Å². The molecule has 0 bridgehead atoms. The molecule has 0 aliphatic carbocycles. The van der Waals surface area contributed by atoms with Crippen LogP contribution in [0.2, 0.25) is 0 Å². The minimum Gasteiger partial charge on any atom is -0.360 e. The van der Waals surface area contributed by atoms with Crippen molar-refractivity contribution >= 4 is 0 Å². The highest BCUT2D eigenvalue weighted by Crippen LogP contribution is 2.07. The highest BCUT2D eigenvalue weighted by molar-refractivity contribution is 5.05. The molecule has 1 aromatic heterocycles. The summed E-state index contributed by atoms with van der Waals surface area (Å²) >= 11 is 0. The molecule has 0 atom stereocenters. The van der Waals surface area contributed by atoms with E-state index in [1.54, 1.807) is 13.1 Å². The van der Waals surface area contributed by atoms with Crippen LogP contribution in [0.25, 0.3) is 0 Å². The lowest BCUT2D eigenvalue weighted by molar-refractivity contribution is 0.0935. The van der Waals surface area contributed by atoms with Crippen molar-refractivity contribution < 1.29 is 13.3 Å². The number of aromatic nitrogens is 1. The van der Waals surface area contributed by atoms with Crippen LogP contribution in [-0.2, 0) is 13.1 Å². The molecule has 0 aliphatic rings. The Morgan fingerprint density at radius 2 is 2.17 bits per heavy atom. The van der Waals surface area contributed by atoms with Crippen LogP contribution in [0.3, 0.4) is 0 Å². The van der Waals surface area contributed by atoms with Crippen molar-refractivity contribution in [1.29, 1.82) is 0 Å². The summed E-state index contributed by atoms with van der Waals surface area (Å²) in [5.74, 6) is 1.19. The fourth-order valence-electron chi connectivity index (χ4n) is 1.57. The van der Waals surface area contributed by atoms with Crippen molar-refractivity contribution in [2.45, 2.75) is 33.4 Å². The topological polar surface area (TPSA) is 41.3 Å². The van der Waals surface area contributed by atoms with E-state index >= 15 is 0 Å². The predicted molar refractivity (Wildman–Crippen MR) is 65.4 cm³/mol. The Morgan fingerprint density at radius 3 is 2.78 bits per heavy atom. The number of alkyl halides is 2. The highest BCUT2D eigenvalue weighted by Gasteiger charge is 2.11. The Hall–Kier alpha value is -1.01. The van der Waals surface area contributed by atoms with E-state index < -0.39 is 6.43 Å². The van der Waals surface area contributed by atoms with E-state index in [0.29, 0.717) is 24.8 Å². The van der Waals surface area contributed by atoms with Crippen molar-refractivity contribution in [3.8, 4) is 0 Å². The van der Waals surface area contributed by atoms with Gasteiger partial charge in [-0.25, -0.2) is 8.78 Å². The molecule has 104 valence electrons. The lowest BCUT2D eigenvalue weighted by Crippen LogP contribution is -2.23. The summed E-state index contributed by atoms with van der Waals surface area (Å²) in [6, 6.07) is 1.80. The molecule has 1 N–H and O–H groups in total. The van der Waals surface area contributed by atoms with Gasteiger partial charge >= 0.3 is 0 Å². The second-order valence-corrected chi connectivity index (χ2v) is 4.90. The normalized spacial score (nSPS) is 12.0. The molecule has 0 aromatic carbocycles. The highest BCUT2D eigenvalue weighted by atomic mass is 19.3. The SMILES string of the molecule is CC(C)CNCc1cc(CN(C)CC(F)F)on1. The molecule has 4 nitrogen and oxygen atoms in total. The first-order chi connectivity index (χ1) is 8.47. The van der Waals surface area contributed by atoms with Crippen molar-refractivity contribution in [1.82, 2.24) is 15.4 Å². The summed E-state index contributed by atoms with van der Waals surface area (Å²) in [6.45, 7) is 5.89. The lowest BCUT2D eigenvalue weighted by atomic mass is 10.2. The molecule has 0 saturated heterocycles. The monoisotopic (exact) mass is 261 g/mol. The van der Waals surface area contributed by atoms with Gasteiger partial charge in [0.15, 0.2) is 5.76 Å². The van der Waals surface area contributed by atoms with Crippen LogP contribution in [0.1, 0.15) is 25.3 Å². The van der Waals surface area contributed by atoms with Crippen LogP contribution in [0, 0.1) is 5.92 Å². The molecule has 1 rings (SSSR count). The third-order valence-corrected chi connectivity index (χ3v) is 2.34. The van der Waals surface area contributed by atoms with Gasteiger partial charge in [0.1, 0.15) is 0 Å². The lowest BCUT2D eigenvalue weighted by Gasteiger charge is -2.12. The molecule has 0 unspecified atom stereocenters. The minimum atomic E-state index is -2.33. The molecule has 18 heavy (non-hydrogen) atoms. The van der Waals surface area contributed by atoms with Gasteiger partial charge in [0, 0.05) is 12.6 Å². The summed E-state index contributed by atoms with van der Waals surface area (Å²) in [6.07, 6.45) is -2.33. The molecule has 0 radical (unpaired) electrons. The van der Waals surface area contributed by atoms with E-state index in [1.807, 2.05) is 0 Å². The molecule has 0 fully saturated rings. The molecule has 0 spiro atoms. The van der Waals surface area contributed by atoms with Crippen LogP contribution in [-0.4, -0.2) is 36.6 Å². The zero-order valence-corrected chi connectivity index (χ0v) is 11.1. The van der Waals surface area contributed by atoms with E-state index in [4.69, 9.17) is 4.52 Å². The van der Waals surface area contributed by atoms with Crippen molar-refractivity contribution in [2.75, 3.05) is 20.1 Å². The second-order valence-electron chi connectivity index (χ2n) is 4.90. The summed E-state index contributed by atoms with van der Waals surface area (Å²) in [7, 11) is 1.63. The quantitative estimate of drug-likeness (QED) is 0.778. The van der Waals surface area contributed by atoms with E-state index in [2.05, 4.69) is 24.3 Å². The summed E-state index contributed by atoms with van der Waals surface area (Å²) in [4.78, 5) is 1.51. The van der Waals surface area contributed by atoms with Crippen molar-refractivity contribution in [3.63, 3.8) is 0 Å². The Balaban J connectivity index is 2.33. The third-order valence-electron chi connectivity index (χ3n) is 2.34. The largest absolute Gasteiger partial charge is 0.360 e. The second kappa shape index (κ2) is 7.43. The summed E-state index contributed by atoms with van der Waals surface area (Å²) < 4.78 is 29.4. The van der Waals surface area contributed by atoms with E-state index in [-0.39, 0.29) is 6.54 Å². The van der Waals surface area contributed by atoms with Gasteiger partial charge in [-0.05, 0) is 19.5 Å². The van der Waals surface area contributed by atoms with E-state index in [1.165, 1.54) is 4.90 Å². The van der Waals surface area contributed by atoms with Gasteiger partial charge in [-0.15, -0.1) is 0 Å². The first kappa shape index (κ1) is 15.0. The number of hydrogen-bond acceptors (Lipinski definition) is 4. The predicted octanol–water partition coefficient (Wildman–Crippen LogP) is 2.12. The molecule has 6 heteroatoms. The van der Waals surface area contributed by atoms with Gasteiger partial charge < -0.3 is 9.84 Å². The van der Waals surface area contributed by atoms with Crippen LogP contribution >= 0.6 is 0 Å². The van der Waals surface area contributed by atoms with Gasteiger partial charge in [-0.2, -0.15) is 0 Å². The molecule has 1 aromatic rings. The van der Waals surface area contributed by atoms with Crippen LogP contribution in [0.15, 0.2) is 10.6 Å². The number of rotatable bonds is 8. The maximum Gasteiger partial charge on any atom is 0.251 e. The Labute approximate surface area is 106 Å². The van der Waals surface area contributed by atoms with Crippen molar-refractivity contribution in [2.24, 2.45) is 5.92 Å². The fourth-order valence-corrected chi connectivity index (χ4v) is 1.57. The molecule has 0 saturated carbocycles. The number of halogens is 2. The zero-order chi connectivity index (χ0) is 13.5. The third kappa shape index (κ3) is 6.07. The summed E-state index contributed by atoms with van der Waals surface area (Å²) in [5.41, 5.74) is 0.802. The Kier molecular flexibility index (Phi) is 6.21. The average Bonchev–Trinajstić information content (AvgIpc) is 2.63. The Bertz CT molecular complexity index is 342. The maximum absolute atomic E-state index is 12.1. The van der Waals surface area contributed by atoms with Gasteiger partial charge in [0.05, 0.1) is 18.8 Å². The molecule has 1 heterocycles. The van der Waals surface area contributed by atoms with E-state index in [9.17, 15) is 8.78 Å². The average molecular weight is 261 g/mol. The molecular formula is C12H21F2N3O. The van der Waals surface area contributed by atoms with Crippen LogP contribution in [0.5, 0.6) is 0 Å². The number of nitrogens with zero attached hydrogens (tertiary/aromatic N) is 2. The minimum absolute atomic E-state index is 0.262. The smallest absolute Gasteiger partial charge is 0.251 e. The number of nitrogens with one attached hydrogen (secondary N) is 1. The maximum atomic E-state index is 12.1. The summed E-state index contributed by atoms with van der Waals surface area (Å²) in [5, 5.41) is 7.14. The first-order valence-corrected chi connectivity index (χ1v) is 6.09. The van der Waals surface area contributed by atoms with Gasteiger partial charge in [0.25, 0.3) is 6.43 Å². The fraction of sp³-hybridized carbons (Fsp3) is 0.750. The van der Waals surface area contributed by atoms with Gasteiger partial charge in [-0.1, -0.05) is 19.0 Å². The number of hydrogen-bond donors (Lipinski definition) is 1. The Morgan fingerprint density at radius 1 is 1.44 bits per heavy atom. The standard InChI is InChI=1S/C12H21F2N3O/c1-9(2)5-15-6-10-4-11(18-16-10)7-17(3)8-12(13)14/h4,9,12,15H,5-8H2,1-3H3. The molecular weight excluding hydrogens is 240 g/mol. The zero-order valence-electron chi connectivity index (χ0n) is 11.1. The van der Waals surface area contributed by atoms with Crippen LogP contribution < -0.4 is 5.32 Å². The van der Waals surface area contributed by atoms with Crippen LogP contribution in [0.4, 0.5) is 8.78 Å². The first-order valence-electron chi connectivity index (χ1n) is 6.09. The van der Waals surface area contributed by atoms with Crippen molar-refractivity contribution in [3.05, 3.63) is 17.5 Å². The molecule has 0 aliphatic heterocycles. The molecule has 0 amide bonds. The van der Waals surface area contributed by atoms with E-state index in [0.717, 1.165) is 12.2 Å². The van der Waals surface area contributed by atoms with Gasteiger partial charge in [-0.3, -0.25) is 4.90 Å².